The summed E-state index contributed by atoms with van der Waals surface area (Å²) in [5, 5.41) is 8.98. The molecule has 4 nitrogen and oxygen atoms in total. The highest BCUT2D eigenvalue weighted by atomic mass is 16.4. The zero-order valence-corrected chi connectivity index (χ0v) is 11.1. The highest BCUT2D eigenvalue weighted by Crippen LogP contribution is 2.75. The van der Waals surface area contributed by atoms with Gasteiger partial charge in [-0.1, -0.05) is 20.8 Å². The van der Waals surface area contributed by atoms with Gasteiger partial charge in [-0.25, -0.2) is 4.79 Å². The Kier molecular flexibility index (Phi) is 2.69. The van der Waals surface area contributed by atoms with Gasteiger partial charge in [-0.05, 0) is 42.1 Å². The maximum atomic E-state index is 10.9. The second-order valence-electron chi connectivity index (χ2n) is 6.76. The van der Waals surface area contributed by atoms with Crippen LogP contribution in [0.4, 0.5) is 4.79 Å². The molecule has 1 spiro atoms. The molecule has 2 aliphatic rings. The molecule has 2 fully saturated rings. The minimum Gasteiger partial charge on any atom is -0.465 e. The molecular weight excluding hydrogens is 216 g/mol. The first kappa shape index (κ1) is 12.7. The predicted octanol–water partition coefficient (Wildman–Crippen LogP) is 2.14. The maximum Gasteiger partial charge on any atom is 0.407 e. The Labute approximate surface area is 103 Å². The smallest absolute Gasteiger partial charge is 0.407 e. The van der Waals surface area contributed by atoms with Gasteiger partial charge in [0.1, 0.15) is 0 Å². The van der Waals surface area contributed by atoms with Crippen LogP contribution in [0.5, 0.6) is 0 Å². The average molecular weight is 240 g/mol. The third-order valence-corrected chi connectivity index (χ3v) is 5.31. The van der Waals surface area contributed by atoms with E-state index < -0.39 is 6.09 Å². The topological polar surface area (TPSA) is 66.6 Å². The van der Waals surface area contributed by atoms with Gasteiger partial charge in [0.05, 0.1) is 0 Å². The number of rotatable bonds is 1. The summed E-state index contributed by atoms with van der Waals surface area (Å²) in [6.07, 6.45) is 2.35. The third kappa shape index (κ3) is 1.65. The van der Waals surface area contributed by atoms with Gasteiger partial charge in [-0.3, -0.25) is 0 Å². The van der Waals surface area contributed by atoms with Crippen LogP contribution in [0.25, 0.3) is 0 Å². The van der Waals surface area contributed by atoms with Crippen LogP contribution in [-0.2, 0) is 0 Å². The van der Waals surface area contributed by atoms with Crippen molar-refractivity contribution >= 4 is 6.09 Å². The highest BCUT2D eigenvalue weighted by molar-refractivity contribution is 5.65. The molecule has 1 amide bonds. The van der Waals surface area contributed by atoms with Crippen molar-refractivity contribution in [1.29, 1.82) is 0 Å². The van der Waals surface area contributed by atoms with Crippen LogP contribution in [0.3, 0.4) is 0 Å². The second kappa shape index (κ2) is 3.61. The number of hydrogen-bond acceptors (Lipinski definition) is 2. The van der Waals surface area contributed by atoms with Gasteiger partial charge in [0.2, 0.25) is 0 Å². The molecule has 17 heavy (non-hydrogen) atoms. The lowest BCUT2D eigenvalue weighted by atomic mass is 9.69. The van der Waals surface area contributed by atoms with Crippen molar-refractivity contribution in [3.8, 4) is 0 Å². The summed E-state index contributed by atoms with van der Waals surface area (Å²) in [7, 11) is 0. The van der Waals surface area contributed by atoms with Crippen LogP contribution in [-0.4, -0.2) is 35.7 Å². The van der Waals surface area contributed by atoms with E-state index in [9.17, 15) is 4.79 Å². The van der Waals surface area contributed by atoms with E-state index in [1.165, 1.54) is 11.3 Å². The van der Waals surface area contributed by atoms with E-state index in [-0.39, 0.29) is 10.8 Å². The van der Waals surface area contributed by atoms with Crippen LogP contribution in [0.1, 0.15) is 40.0 Å². The molecule has 0 radical (unpaired) electrons. The summed E-state index contributed by atoms with van der Waals surface area (Å²) in [5.74, 6) is 0. The molecule has 98 valence electrons. The summed E-state index contributed by atoms with van der Waals surface area (Å²) in [6, 6.07) is 0. The quantitative estimate of drug-likeness (QED) is 0.738. The number of hydrogen-bond donors (Lipinski definition) is 2. The Bertz CT molecular complexity index is 327. The summed E-state index contributed by atoms with van der Waals surface area (Å²) in [5.41, 5.74) is 6.78. The van der Waals surface area contributed by atoms with Crippen molar-refractivity contribution in [3.63, 3.8) is 0 Å². The number of likely N-dealkylation sites (tertiary alicyclic amines) is 1. The van der Waals surface area contributed by atoms with Gasteiger partial charge in [-0.15, -0.1) is 0 Å². The summed E-state index contributed by atoms with van der Waals surface area (Å²) in [6.45, 7) is 8.86. The number of nitrogens with two attached hydrogens (primary N) is 1. The van der Waals surface area contributed by atoms with E-state index in [0.29, 0.717) is 18.5 Å². The lowest BCUT2D eigenvalue weighted by Crippen LogP contribution is -2.43. The molecule has 1 aliphatic carbocycles. The third-order valence-electron chi connectivity index (χ3n) is 5.31. The standard InChI is InChI=1S/C13H24N2O2/c1-11(2,3)13(9-14)8-12(13)4-6-15(7-5-12)10(16)17/h4-9,14H2,1-3H3,(H,16,17)/t13-/m0/s1. The van der Waals surface area contributed by atoms with Crippen molar-refractivity contribution in [3.05, 3.63) is 0 Å². The van der Waals surface area contributed by atoms with E-state index in [1.807, 2.05) is 0 Å². The Balaban J connectivity index is 2.09. The molecule has 0 aromatic rings. The van der Waals surface area contributed by atoms with Crippen molar-refractivity contribution in [2.75, 3.05) is 19.6 Å². The second-order valence-corrected chi connectivity index (χ2v) is 6.76. The number of nitrogens with zero attached hydrogens (tertiary/aromatic N) is 1. The molecule has 1 aliphatic heterocycles. The van der Waals surface area contributed by atoms with Gasteiger partial charge in [0.25, 0.3) is 0 Å². The fourth-order valence-corrected chi connectivity index (χ4v) is 3.97. The molecular formula is C13H24N2O2. The molecule has 0 aromatic heterocycles. The number of amides is 1. The molecule has 0 unspecified atom stereocenters. The first-order valence-electron chi connectivity index (χ1n) is 6.46. The van der Waals surface area contributed by atoms with E-state index in [0.717, 1.165) is 19.4 Å². The molecule has 0 bridgehead atoms. The monoisotopic (exact) mass is 240 g/mol. The molecule has 1 saturated carbocycles. The van der Waals surface area contributed by atoms with Crippen LogP contribution in [0.2, 0.25) is 0 Å². The fraction of sp³-hybridized carbons (Fsp3) is 0.923. The molecule has 2 rings (SSSR count). The largest absolute Gasteiger partial charge is 0.465 e. The highest BCUT2D eigenvalue weighted by Gasteiger charge is 2.70. The molecule has 0 aromatic carbocycles. The van der Waals surface area contributed by atoms with E-state index in [2.05, 4.69) is 20.8 Å². The van der Waals surface area contributed by atoms with E-state index in [4.69, 9.17) is 10.8 Å². The van der Waals surface area contributed by atoms with Crippen molar-refractivity contribution in [2.45, 2.75) is 40.0 Å². The molecule has 4 heteroatoms. The minimum absolute atomic E-state index is 0.215. The zero-order chi connectivity index (χ0) is 12.9. The fourth-order valence-electron chi connectivity index (χ4n) is 3.97. The Hall–Kier alpha value is -0.770. The normalized spacial score (nSPS) is 31.6. The first-order chi connectivity index (χ1) is 7.78. The first-order valence-corrected chi connectivity index (χ1v) is 6.46. The molecule has 3 N–H and O–H groups in total. The molecule has 1 atom stereocenters. The lowest BCUT2D eigenvalue weighted by molar-refractivity contribution is 0.0836. The lowest BCUT2D eigenvalue weighted by Gasteiger charge is -2.40. The Morgan fingerprint density at radius 3 is 2.18 bits per heavy atom. The van der Waals surface area contributed by atoms with Gasteiger partial charge < -0.3 is 15.7 Å². The van der Waals surface area contributed by atoms with Crippen molar-refractivity contribution in [2.24, 2.45) is 22.0 Å². The molecule has 1 saturated heterocycles. The minimum atomic E-state index is -0.783. The van der Waals surface area contributed by atoms with Gasteiger partial charge in [0, 0.05) is 13.1 Å². The summed E-state index contributed by atoms with van der Waals surface area (Å²) >= 11 is 0. The number of carboxylic acid groups (broad SMARTS) is 1. The number of carbonyl (C=O) groups is 1. The van der Waals surface area contributed by atoms with Crippen LogP contribution in [0, 0.1) is 16.2 Å². The Morgan fingerprint density at radius 1 is 1.35 bits per heavy atom. The Morgan fingerprint density at radius 2 is 1.88 bits per heavy atom. The predicted molar refractivity (Wildman–Crippen MR) is 66.8 cm³/mol. The van der Waals surface area contributed by atoms with Crippen LogP contribution in [0.15, 0.2) is 0 Å². The van der Waals surface area contributed by atoms with Crippen LogP contribution >= 0.6 is 0 Å². The zero-order valence-electron chi connectivity index (χ0n) is 11.1. The SMILES string of the molecule is CC(C)(C)[C@@]1(CN)CC12CCN(C(=O)O)CC2. The van der Waals surface area contributed by atoms with Gasteiger partial charge in [-0.2, -0.15) is 0 Å². The summed E-state index contributed by atoms with van der Waals surface area (Å²) in [4.78, 5) is 12.5. The maximum absolute atomic E-state index is 10.9. The van der Waals surface area contributed by atoms with Crippen molar-refractivity contribution < 1.29 is 9.90 Å². The summed E-state index contributed by atoms with van der Waals surface area (Å²) < 4.78 is 0. The van der Waals surface area contributed by atoms with Gasteiger partial charge in [0.15, 0.2) is 0 Å². The average Bonchev–Trinajstić information content (AvgIpc) is 2.87. The van der Waals surface area contributed by atoms with E-state index >= 15 is 0 Å². The molecule has 1 heterocycles. The van der Waals surface area contributed by atoms with E-state index in [1.54, 1.807) is 0 Å². The van der Waals surface area contributed by atoms with Crippen molar-refractivity contribution in [1.82, 2.24) is 4.90 Å². The van der Waals surface area contributed by atoms with Crippen LogP contribution < -0.4 is 5.73 Å². The number of piperidine rings is 1. The van der Waals surface area contributed by atoms with Gasteiger partial charge >= 0.3 is 6.09 Å².